The van der Waals surface area contributed by atoms with Gasteiger partial charge in [0.15, 0.2) is 0 Å². The smallest absolute Gasteiger partial charge is 0.337 e. The largest absolute Gasteiger partial charge is 0.478 e. The number of aromatic nitrogens is 1. The van der Waals surface area contributed by atoms with Crippen LogP contribution in [-0.2, 0) is 5.75 Å². The first-order valence-electron chi connectivity index (χ1n) is 5.11. The molecule has 1 heterocycles. The van der Waals surface area contributed by atoms with Crippen molar-refractivity contribution in [1.82, 2.24) is 4.98 Å². The Hall–Kier alpha value is -1.81. The lowest BCUT2D eigenvalue weighted by Gasteiger charge is -2.06. The highest BCUT2D eigenvalue weighted by atomic mass is 32.1. The predicted octanol–water partition coefficient (Wildman–Crippen LogP) is 2.88. The van der Waals surface area contributed by atoms with Gasteiger partial charge in [-0.2, -0.15) is 12.6 Å². The summed E-state index contributed by atoms with van der Waals surface area (Å²) in [6, 6.07) is 11.1. The Morgan fingerprint density at radius 2 is 2.00 bits per heavy atom. The summed E-state index contributed by atoms with van der Waals surface area (Å²) < 4.78 is 0. The van der Waals surface area contributed by atoms with Gasteiger partial charge in [-0.1, -0.05) is 24.3 Å². The number of nitrogens with zero attached hydrogens (tertiary/aromatic N) is 1. The first kappa shape index (κ1) is 11.7. The second-order valence-corrected chi connectivity index (χ2v) is 3.87. The molecule has 1 aromatic carbocycles. The number of hydrogen-bond acceptors (Lipinski definition) is 3. The fourth-order valence-corrected chi connectivity index (χ4v) is 1.86. The lowest BCUT2D eigenvalue weighted by atomic mass is 10.0. The quantitative estimate of drug-likeness (QED) is 0.817. The normalized spacial score (nSPS) is 10.2. The van der Waals surface area contributed by atoms with Crippen LogP contribution in [0.5, 0.6) is 0 Å². The fourth-order valence-electron chi connectivity index (χ4n) is 1.59. The molecule has 1 aromatic heterocycles. The molecule has 17 heavy (non-hydrogen) atoms. The predicted molar refractivity (Wildman–Crippen MR) is 69.3 cm³/mol. The molecule has 86 valence electrons. The number of pyridine rings is 1. The van der Waals surface area contributed by atoms with Gasteiger partial charge in [0, 0.05) is 17.5 Å². The minimum Gasteiger partial charge on any atom is -0.478 e. The van der Waals surface area contributed by atoms with E-state index in [1.807, 2.05) is 24.3 Å². The minimum absolute atomic E-state index is 0.192. The molecule has 0 amide bonds. The molecule has 2 rings (SSSR count). The average Bonchev–Trinajstić information content (AvgIpc) is 2.39. The van der Waals surface area contributed by atoms with Crippen molar-refractivity contribution < 1.29 is 9.90 Å². The Kier molecular flexibility index (Phi) is 3.44. The Bertz CT molecular complexity index is 537. The highest BCUT2D eigenvalue weighted by molar-refractivity contribution is 7.79. The highest BCUT2D eigenvalue weighted by Crippen LogP contribution is 2.22. The first-order chi connectivity index (χ1) is 8.22. The third kappa shape index (κ3) is 2.47. The SMILES string of the molecule is O=C(O)c1ccc(-c2ccccc2CS)nc1. The summed E-state index contributed by atoms with van der Waals surface area (Å²) in [5.74, 6) is -0.343. The van der Waals surface area contributed by atoms with E-state index in [-0.39, 0.29) is 5.56 Å². The van der Waals surface area contributed by atoms with Crippen molar-refractivity contribution in [3.63, 3.8) is 0 Å². The van der Waals surface area contributed by atoms with Crippen molar-refractivity contribution in [2.75, 3.05) is 0 Å². The highest BCUT2D eigenvalue weighted by Gasteiger charge is 2.06. The Morgan fingerprint density at radius 3 is 2.59 bits per heavy atom. The molecular weight excluding hydrogens is 234 g/mol. The molecule has 3 nitrogen and oxygen atoms in total. The minimum atomic E-state index is -0.966. The second kappa shape index (κ2) is 5.01. The zero-order valence-corrected chi connectivity index (χ0v) is 9.89. The van der Waals surface area contributed by atoms with Crippen LogP contribution in [-0.4, -0.2) is 16.1 Å². The van der Waals surface area contributed by atoms with E-state index < -0.39 is 5.97 Å². The number of carboxylic acid groups (broad SMARTS) is 1. The Balaban J connectivity index is 2.43. The van der Waals surface area contributed by atoms with Crippen LogP contribution in [0.3, 0.4) is 0 Å². The third-order valence-corrected chi connectivity index (χ3v) is 2.81. The molecule has 0 aliphatic heterocycles. The zero-order valence-electron chi connectivity index (χ0n) is 9.00. The first-order valence-corrected chi connectivity index (χ1v) is 5.74. The maximum atomic E-state index is 10.7. The Morgan fingerprint density at radius 1 is 1.24 bits per heavy atom. The van der Waals surface area contributed by atoms with Gasteiger partial charge in [0.05, 0.1) is 11.3 Å². The fraction of sp³-hybridized carbons (Fsp3) is 0.0769. The molecule has 0 saturated heterocycles. The molecule has 2 aromatic rings. The van der Waals surface area contributed by atoms with E-state index in [1.165, 1.54) is 6.20 Å². The number of benzene rings is 1. The van der Waals surface area contributed by atoms with Crippen LogP contribution < -0.4 is 0 Å². The van der Waals surface area contributed by atoms with Crippen LogP contribution in [0.1, 0.15) is 15.9 Å². The summed E-state index contributed by atoms with van der Waals surface area (Å²) in [4.78, 5) is 14.9. The summed E-state index contributed by atoms with van der Waals surface area (Å²) in [6.45, 7) is 0. The van der Waals surface area contributed by atoms with Gasteiger partial charge in [-0.05, 0) is 17.7 Å². The van der Waals surface area contributed by atoms with Gasteiger partial charge in [0.25, 0.3) is 0 Å². The van der Waals surface area contributed by atoms with Crippen LogP contribution >= 0.6 is 12.6 Å². The van der Waals surface area contributed by atoms with Crippen LogP contribution in [0.25, 0.3) is 11.3 Å². The molecule has 0 atom stereocenters. The number of carboxylic acids is 1. The van der Waals surface area contributed by atoms with Crippen LogP contribution in [0.4, 0.5) is 0 Å². The lowest BCUT2D eigenvalue weighted by Crippen LogP contribution is -1.97. The van der Waals surface area contributed by atoms with Gasteiger partial charge >= 0.3 is 5.97 Å². The van der Waals surface area contributed by atoms with Crippen molar-refractivity contribution in [3.8, 4) is 11.3 Å². The number of hydrogen-bond donors (Lipinski definition) is 2. The Labute approximate surface area is 105 Å². The summed E-state index contributed by atoms with van der Waals surface area (Å²) in [7, 11) is 0. The maximum Gasteiger partial charge on any atom is 0.337 e. The van der Waals surface area contributed by atoms with Gasteiger partial charge in [0.1, 0.15) is 0 Å². The van der Waals surface area contributed by atoms with Crippen LogP contribution in [0, 0.1) is 0 Å². The molecule has 0 unspecified atom stereocenters. The summed E-state index contributed by atoms with van der Waals surface area (Å²) in [6.07, 6.45) is 1.37. The van der Waals surface area contributed by atoms with Gasteiger partial charge in [-0.15, -0.1) is 0 Å². The van der Waals surface area contributed by atoms with E-state index in [4.69, 9.17) is 5.11 Å². The van der Waals surface area contributed by atoms with E-state index >= 15 is 0 Å². The monoisotopic (exact) mass is 245 g/mol. The van der Waals surface area contributed by atoms with Gasteiger partial charge < -0.3 is 5.11 Å². The molecule has 0 spiro atoms. The zero-order chi connectivity index (χ0) is 12.3. The second-order valence-electron chi connectivity index (χ2n) is 3.55. The lowest BCUT2D eigenvalue weighted by molar-refractivity contribution is 0.0696. The number of aromatic carboxylic acids is 1. The van der Waals surface area contributed by atoms with E-state index in [2.05, 4.69) is 17.6 Å². The molecule has 0 aliphatic rings. The molecule has 0 radical (unpaired) electrons. The van der Waals surface area contributed by atoms with Crippen molar-refractivity contribution >= 4 is 18.6 Å². The topological polar surface area (TPSA) is 50.2 Å². The van der Waals surface area contributed by atoms with Crippen molar-refractivity contribution in [1.29, 1.82) is 0 Å². The number of carbonyl (C=O) groups is 1. The summed E-state index contributed by atoms with van der Waals surface area (Å²) in [5, 5.41) is 8.79. The van der Waals surface area contributed by atoms with Gasteiger partial charge in [0.2, 0.25) is 0 Å². The van der Waals surface area contributed by atoms with E-state index in [0.717, 1.165) is 16.8 Å². The number of rotatable bonds is 3. The number of thiol groups is 1. The van der Waals surface area contributed by atoms with Crippen LogP contribution in [0.15, 0.2) is 42.6 Å². The molecule has 0 saturated carbocycles. The van der Waals surface area contributed by atoms with Crippen molar-refractivity contribution in [2.45, 2.75) is 5.75 Å². The van der Waals surface area contributed by atoms with Gasteiger partial charge in [-0.3, -0.25) is 4.98 Å². The van der Waals surface area contributed by atoms with Crippen molar-refractivity contribution in [3.05, 3.63) is 53.7 Å². The van der Waals surface area contributed by atoms with E-state index in [1.54, 1.807) is 12.1 Å². The van der Waals surface area contributed by atoms with Gasteiger partial charge in [-0.25, -0.2) is 4.79 Å². The average molecular weight is 245 g/mol. The van der Waals surface area contributed by atoms with Crippen molar-refractivity contribution in [2.24, 2.45) is 0 Å². The summed E-state index contributed by atoms with van der Waals surface area (Å²) in [5.41, 5.74) is 3.02. The molecule has 4 heteroatoms. The standard InChI is InChI=1S/C13H11NO2S/c15-13(16)9-5-6-12(14-7-9)11-4-2-1-3-10(11)8-17/h1-7,17H,8H2,(H,15,16). The summed E-state index contributed by atoms with van der Waals surface area (Å²) >= 11 is 4.26. The van der Waals surface area contributed by atoms with E-state index in [0.29, 0.717) is 5.75 Å². The van der Waals surface area contributed by atoms with Crippen LogP contribution in [0.2, 0.25) is 0 Å². The van der Waals surface area contributed by atoms with E-state index in [9.17, 15) is 4.79 Å². The molecule has 0 fully saturated rings. The third-order valence-electron chi connectivity index (χ3n) is 2.47. The molecule has 0 bridgehead atoms. The maximum absolute atomic E-state index is 10.7. The molecule has 1 N–H and O–H groups in total. The molecular formula is C13H11NO2S. The molecule has 0 aliphatic carbocycles.